The highest BCUT2D eigenvalue weighted by Gasteiger charge is 2.11. The summed E-state index contributed by atoms with van der Waals surface area (Å²) < 4.78 is 5.40. The van der Waals surface area contributed by atoms with Crippen LogP contribution in [0.1, 0.15) is 30.6 Å². The van der Waals surface area contributed by atoms with E-state index >= 15 is 0 Å². The summed E-state index contributed by atoms with van der Waals surface area (Å²) in [5, 5.41) is 0. The minimum absolute atomic E-state index is 0.180. The Morgan fingerprint density at radius 1 is 1.21 bits per heavy atom. The molecule has 0 bridgehead atoms. The van der Waals surface area contributed by atoms with Gasteiger partial charge in [-0.1, -0.05) is 36.4 Å². The first-order valence-electron chi connectivity index (χ1n) is 6.39. The van der Waals surface area contributed by atoms with Crippen molar-refractivity contribution in [1.29, 1.82) is 0 Å². The zero-order chi connectivity index (χ0) is 13.5. The van der Waals surface area contributed by atoms with E-state index in [0.717, 1.165) is 11.1 Å². The number of aryl methyl sites for hydroxylation is 1. The van der Waals surface area contributed by atoms with E-state index in [1.807, 2.05) is 49.4 Å². The van der Waals surface area contributed by atoms with Gasteiger partial charge in [-0.15, -0.1) is 0 Å². The topological polar surface area (TPSA) is 39.2 Å². The predicted octanol–water partition coefficient (Wildman–Crippen LogP) is 3.32. The molecule has 3 heteroatoms. The Kier molecular flexibility index (Phi) is 4.67. The van der Waals surface area contributed by atoms with Gasteiger partial charge in [0.1, 0.15) is 6.10 Å². The van der Waals surface area contributed by atoms with Crippen LogP contribution in [0.3, 0.4) is 0 Å². The molecule has 2 rings (SSSR count). The van der Waals surface area contributed by atoms with E-state index in [-0.39, 0.29) is 12.1 Å². The molecule has 0 saturated carbocycles. The highest BCUT2D eigenvalue weighted by molar-refractivity contribution is 5.70. The third kappa shape index (κ3) is 4.21. The summed E-state index contributed by atoms with van der Waals surface area (Å²) in [4.78, 5) is 15.8. The van der Waals surface area contributed by atoms with E-state index in [9.17, 15) is 4.79 Å². The van der Waals surface area contributed by atoms with Crippen LogP contribution in [0.5, 0.6) is 0 Å². The van der Waals surface area contributed by atoms with E-state index < -0.39 is 0 Å². The highest BCUT2D eigenvalue weighted by Crippen LogP contribution is 2.17. The highest BCUT2D eigenvalue weighted by atomic mass is 16.5. The Balaban J connectivity index is 1.82. The molecule has 0 aliphatic carbocycles. The number of ether oxygens (including phenoxy) is 1. The van der Waals surface area contributed by atoms with Gasteiger partial charge in [-0.3, -0.25) is 9.78 Å². The quantitative estimate of drug-likeness (QED) is 0.769. The van der Waals surface area contributed by atoms with Gasteiger partial charge >= 0.3 is 5.97 Å². The van der Waals surface area contributed by atoms with Gasteiger partial charge in [-0.25, -0.2) is 0 Å². The Morgan fingerprint density at radius 2 is 2.00 bits per heavy atom. The van der Waals surface area contributed by atoms with Gasteiger partial charge in [0.15, 0.2) is 0 Å². The Bertz CT molecular complexity index is 511. The molecule has 0 saturated heterocycles. The number of carbonyl (C=O) groups is 1. The summed E-state index contributed by atoms with van der Waals surface area (Å²) in [6, 6.07) is 13.6. The Labute approximate surface area is 113 Å². The number of aromatic nitrogens is 1. The standard InChI is InChI=1S/C16H17NO2/c1-13(15-7-3-2-4-8-15)19-16(18)10-9-14-6-5-11-17-12-14/h2-8,11-13H,9-10H2,1H3/t13-/m1/s1. The lowest BCUT2D eigenvalue weighted by Crippen LogP contribution is -2.09. The molecule has 19 heavy (non-hydrogen) atoms. The van der Waals surface area contributed by atoms with E-state index in [4.69, 9.17) is 4.74 Å². The molecule has 0 aliphatic heterocycles. The fraction of sp³-hybridized carbons (Fsp3) is 0.250. The molecule has 2 aromatic rings. The second-order valence-electron chi connectivity index (χ2n) is 4.40. The van der Waals surface area contributed by atoms with E-state index in [1.165, 1.54) is 0 Å². The molecule has 0 radical (unpaired) electrons. The molecule has 1 atom stereocenters. The summed E-state index contributed by atoms with van der Waals surface area (Å²) in [6.07, 6.45) is 4.33. The van der Waals surface area contributed by atoms with Gasteiger partial charge in [-0.2, -0.15) is 0 Å². The normalized spacial score (nSPS) is 11.8. The summed E-state index contributed by atoms with van der Waals surface area (Å²) in [6.45, 7) is 1.89. The molecule has 0 unspecified atom stereocenters. The summed E-state index contributed by atoms with van der Waals surface area (Å²) in [5.41, 5.74) is 2.06. The number of esters is 1. The molecular formula is C16H17NO2. The first-order valence-corrected chi connectivity index (χ1v) is 6.39. The number of carbonyl (C=O) groups excluding carboxylic acids is 1. The van der Waals surface area contributed by atoms with E-state index in [2.05, 4.69) is 4.98 Å². The lowest BCUT2D eigenvalue weighted by atomic mass is 10.1. The van der Waals surface area contributed by atoms with Crippen molar-refractivity contribution in [3.8, 4) is 0 Å². The third-order valence-corrected chi connectivity index (χ3v) is 2.92. The van der Waals surface area contributed by atoms with Crippen LogP contribution in [0, 0.1) is 0 Å². The molecule has 3 nitrogen and oxygen atoms in total. The van der Waals surface area contributed by atoms with Crippen molar-refractivity contribution in [1.82, 2.24) is 4.98 Å². The Morgan fingerprint density at radius 3 is 2.68 bits per heavy atom. The van der Waals surface area contributed by atoms with Crippen molar-refractivity contribution in [2.75, 3.05) is 0 Å². The predicted molar refractivity (Wildman–Crippen MR) is 73.5 cm³/mol. The maximum atomic E-state index is 11.8. The van der Waals surface area contributed by atoms with E-state index in [0.29, 0.717) is 12.8 Å². The number of pyridine rings is 1. The smallest absolute Gasteiger partial charge is 0.306 e. The SMILES string of the molecule is C[C@@H](OC(=O)CCc1cccnc1)c1ccccc1. The molecule has 0 fully saturated rings. The summed E-state index contributed by atoms with van der Waals surface area (Å²) >= 11 is 0. The number of hydrogen-bond donors (Lipinski definition) is 0. The zero-order valence-electron chi connectivity index (χ0n) is 11.0. The first-order chi connectivity index (χ1) is 9.25. The average molecular weight is 255 g/mol. The number of hydrogen-bond acceptors (Lipinski definition) is 3. The summed E-state index contributed by atoms with van der Waals surface area (Å²) in [5.74, 6) is -0.180. The van der Waals surface area contributed by atoms with Gasteiger partial charge < -0.3 is 4.74 Å². The molecule has 0 amide bonds. The van der Waals surface area contributed by atoms with Crippen LogP contribution in [-0.2, 0) is 16.0 Å². The van der Waals surface area contributed by atoms with Crippen molar-refractivity contribution in [3.05, 3.63) is 66.0 Å². The van der Waals surface area contributed by atoms with Crippen LogP contribution >= 0.6 is 0 Å². The van der Waals surface area contributed by atoms with Crippen LogP contribution < -0.4 is 0 Å². The fourth-order valence-electron chi connectivity index (χ4n) is 1.84. The molecule has 0 N–H and O–H groups in total. The lowest BCUT2D eigenvalue weighted by Gasteiger charge is -2.13. The fourth-order valence-corrected chi connectivity index (χ4v) is 1.84. The second-order valence-corrected chi connectivity index (χ2v) is 4.40. The average Bonchev–Trinajstić information content (AvgIpc) is 2.47. The van der Waals surface area contributed by atoms with E-state index in [1.54, 1.807) is 12.4 Å². The second kappa shape index (κ2) is 6.69. The van der Waals surface area contributed by atoms with Crippen LogP contribution in [0.4, 0.5) is 0 Å². The minimum atomic E-state index is -0.206. The lowest BCUT2D eigenvalue weighted by molar-refractivity contribution is -0.148. The van der Waals surface area contributed by atoms with Crippen molar-refractivity contribution in [3.63, 3.8) is 0 Å². The van der Waals surface area contributed by atoms with Gasteiger partial charge in [0.2, 0.25) is 0 Å². The van der Waals surface area contributed by atoms with Crippen molar-refractivity contribution in [2.45, 2.75) is 25.9 Å². The van der Waals surface area contributed by atoms with Crippen LogP contribution in [-0.4, -0.2) is 11.0 Å². The number of nitrogens with zero attached hydrogens (tertiary/aromatic N) is 1. The molecule has 1 aromatic heterocycles. The van der Waals surface area contributed by atoms with Gasteiger partial charge in [-0.05, 0) is 30.5 Å². The van der Waals surface area contributed by atoms with Gasteiger partial charge in [0, 0.05) is 18.8 Å². The molecular weight excluding hydrogens is 238 g/mol. The van der Waals surface area contributed by atoms with Crippen molar-refractivity contribution < 1.29 is 9.53 Å². The molecule has 0 aliphatic rings. The largest absolute Gasteiger partial charge is 0.458 e. The number of rotatable bonds is 5. The molecule has 98 valence electrons. The van der Waals surface area contributed by atoms with Crippen LogP contribution in [0.15, 0.2) is 54.9 Å². The maximum absolute atomic E-state index is 11.8. The maximum Gasteiger partial charge on any atom is 0.306 e. The molecule has 0 spiro atoms. The van der Waals surface area contributed by atoms with Crippen LogP contribution in [0.2, 0.25) is 0 Å². The van der Waals surface area contributed by atoms with Crippen LogP contribution in [0.25, 0.3) is 0 Å². The monoisotopic (exact) mass is 255 g/mol. The number of benzene rings is 1. The molecule has 1 aromatic carbocycles. The van der Waals surface area contributed by atoms with Crippen molar-refractivity contribution >= 4 is 5.97 Å². The Hall–Kier alpha value is -2.16. The first kappa shape index (κ1) is 13.3. The summed E-state index contributed by atoms with van der Waals surface area (Å²) in [7, 11) is 0. The van der Waals surface area contributed by atoms with Gasteiger partial charge in [0.05, 0.1) is 0 Å². The molecule has 1 heterocycles. The third-order valence-electron chi connectivity index (χ3n) is 2.92. The van der Waals surface area contributed by atoms with Crippen molar-refractivity contribution in [2.24, 2.45) is 0 Å². The minimum Gasteiger partial charge on any atom is -0.458 e. The zero-order valence-corrected chi connectivity index (χ0v) is 11.0. The van der Waals surface area contributed by atoms with Gasteiger partial charge in [0.25, 0.3) is 0 Å².